The molecule has 0 aliphatic rings. The van der Waals surface area contributed by atoms with Crippen LogP contribution in [0.2, 0.25) is 5.02 Å². The van der Waals surface area contributed by atoms with Crippen LogP contribution in [0.15, 0.2) is 18.2 Å². The molecule has 1 aromatic carbocycles. The van der Waals surface area contributed by atoms with Crippen LogP contribution in [0.4, 0.5) is 0 Å². The molecule has 0 saturated carbocycles. The lowest BCUT2D eigenvalue weighted by Gasteiger charge is -2.08. The fraction of sp³-hybridized carbons (Fsp3) is 0.538. The summed E-state index contributed by atoms with van der Waals surface area (Å²) in [5, 5.41) is 0.766. The quantitative estimate of drug-likeness (QED) is 0.729. The summed E-state index contributed by atoms with van der Waals surface area (Å²) in [5.41, 5.74) is 6.39. The smallest absolute Gasteiger partial charge is 0.119 e. The molecule has 0 aliphatic heterocycles. The van der Waals surface area contributed by atoms with Crippen molar-refractivity contribution in [3.8, 4) is 5.75 Å². The zero-order valence-corrected chi connectivity index (χ0v) is 11.0. The number of aryl methyl sites for hydroxylation is 1. The van der Waals surface area contributed by atoms with Gasteiger partial charge in [0.1, 0.15) is 5.75 Å². The molecule has 96 valence electrons. The molecule has 0 fully saturated rings. The zero-order valence-electron chi connectivity index (χ0n) is 10.2. The Bertz CT molecular complexity index is 331. The maximum absolute atomic E-state index is 5.93. The first-order valence-electron chi connectivity index (χ1n) is 5.91. The van der Waals surface area contributed by atoms with Gasteiger partial charge in [-0.25, -0.2) is 0 Å². The average molecular weight is 258 g/mol. The third-order valence-corrected chi connectivity index (χ3v) is 2.75. The van der Waals surface area contributed by atoms with Crippen LogP contribution in [0.5, 0.6) is 5.75 Å². The fourth-order valence-electron chi connectivity index (χ4n) is 1.35. The Labute approximate surface area is 108 Å². The van der Waals surface area contributed by atoms with Gasteiger partial charge in [-0.2, -0.15) is 0 Å². The minimum absolute atomic E-state index is 0.656. The molecule has 0 amide bonds. The van der Waals surface area contributed by atoms with Crippen molar-refractivity contribution in [2.24, 2.45) is 5.73 Å². The SMILES string of the molecule is Cc1cc(OCCCOCCCN)ccc1Cl. The molecular weight excluding hydrogens is 238 g/mol. The van der Waals surface area contributed by atoms with E-state index in [0.29, 0.717) is 19.8 Å². The van der Waals surface area contributed by atoms with Crippen molar-refractivity contribution in [1.29, 1.82) is 0 Å². The molecule has 0 bridgehead atoms. The van der Waals surface area contributed by atoms with Gasteiger partial charge in [0.25, 0.3) is 0 Å². The molecule has 0 aliphatic carbocycles. The van der Waals surface area contributed by atoms with Crippen molar-refractivity contribution < 1.29 is 9.47 Å². The number of hydrogen-bond acceptors (Lipinski definition) is 3. The van der Waals surface area contributed by atoms with Crippen LogP contribution >= 0.6 is 11.6 Å². The van der Waals surface area contributed by atoms with Gasteiger partial charge in [0.2, 0.25) is 0 Å². The summed E-state index contributed by atoms with van der Waals surface area (Å²) in [6.07, 6.45) is 1.80. The molecule has 1 aromatic rings. The second kappa shape index (κ2) is 8.34. The molecule has 0 radical (unpaired) electrons. The second-order valence-electron chi connectivity index (χ2n) is 3.87. The molecule has 0 heterocycles. The Hall–Kier alpha value is -0.770. The van der Waals surface area contributed by atoms with Crippen molar-refractivity contribution in [3.05, 3.63) is 28.8 Å². The second-order valence-corrected chi connectivity index (χ2v) is 4.27. The minimum Gasteiger partial charge on any atom is -0.493 e. The van der Waals surface area contributed by atoms with E-state index >= 15 is 0 Å². The highest BCUT2D eigenvalue weighted by molar-refractivity contribution is 6.31. The molecule has 0 unspecified atom stereocenters. The van der Waals surface area contributed by atoms with Gasteiger partial charge in [0.15, 0.2) is 0 Å². The standard InChI is InChI=1S/C13H20ClNO2/c1-11-10-12(4-5-13(11)14)17-9-3-8-16-7-2-6-15/h4-5,10H,2-3,6-9,15H2,1H3. The molecule has 0 aromatic heterocycles. The van der Waals surface area contributed by atoms with E-state index in [1.807, 2.05) is 25.1 Å². The molecule has 0 spiro atoms. The lowest BCUT2D eigenvalue weighted by molar-refractivity contribution is 0.118. The zero-order chi connectivity index (χ0) is 12.5. The highest BCUT2D eigenvalue weighted by atomic mass is 35.5. The molecule has 17 heavy (non-hydrogen) atoms. The van der Waals surface area contributed by atoms with Crippen LogP contribution in [0, 0.1) is 6.92 Å². The lowest BCUT2D eigenvalue weighted by Crippen LogP contribution is -2.07. The molecule has 0 saturated heterocycles. The van der Waals surface area contributed by atoms with E-state index in [9.17, 15) is 0 Å². The fourth-order valence-corrected chi connectivity index (χ4v) is 1.46. The van der Waals surface area contributed by atoms with E-state index in [4.69, 9.17) is 26.8 Å². The predicted molar refractivity (Wildman–Crippen MR) is 70.8 cm³/mol. The van der Waals surface area contributed by atoms with Crippen LogP contribution in [0.25, 0.3) is 0 Å². The van der Waals surface area contributed by atoms with Crippen molar-refractivity contribution in [1.82, 2.24) is 0 Å². The lowest BCUT2D eigenvalue weighted by atomic mass is 10.2. The average Bonchev–Trinajstić information content (AvgIpc) is 2.32. The van der Waals surface area contributed by atoms with Crippen molar-refractivity contribution in [2.45, 2.75) is 19.8 Å². The Balaban J connectivity index is 2.11. The summed E-state index contributed by atoms with van der Waals surface area (Å²) in [5.74, 6) is 0.855. The van der Waals surface area contributed by atoms with Gasteiger partial charge in [-0.15, -0.1) is 0 Å². The summed E-state index contributed by atoms with van der Waals surface area (Å²) < 4.78 is 11.0. The van der Waals surface area contributed by atoms with Gasteiger partial charge in [-0.3, -0.25) is 0 Å². The third-order valence-electron chi connectivity index (χ3n) is 2.32. The van der Waals surface area contributed by atoms with Gasteiger partial charge in [0, 0.05) is 24.7 Å². The molecule has 1 rings (SSSR count). The van der Waals surface area contributed by atoms with Crippen molar-refractivity contribution in [3.63, 3.8) is 0 Å². The molecular formula is C13H20ClNO2. The first kappa shape index (κ1) is 14.3. The summed E-state index contributed by atoms with van der Waals surface area (Å²) in [6, 6.07) is 5.67. The Morgan fingerprint density at radius 2 is 1.94 bits per heavy atom. The van der Waals surface area contributed by atoms with Crippen LogP contribution in [0.3, 0.4) is 0 Å². The normalized spacial score (nSPS) is 10.5. The topological polar surface area (TPSA) is 44.5 Å². The number of nitrogens with two attached hydrogens (primary N) is 1. The van der Waals surface area contributed by atoms with E-state index in [0.717, 1.165) is 35.8 Å². The number of benzene rings is 1. The van der Waals surface area contributed by atoms with Crippen molar-refractivity contribution >= 4 is 11.6 Å². The van der Waals surface area contributed by atoms with Gasteiger partial charge >= 0.3 is 0 Å². The molecule has 0 atom stereocenters. The Morgan fingerprint density at radius 3 is 2.65 bits per heavy atom. The summed E-state index contributed by atoms with van der Waals surface area (Å²) in [4.78, 5) is 0. The molecule has 3 nitrogen and oxygen atoms in total. The number of rotatable bonds is 8. The monoisotopic (exact) mass is 257 g/mol. The first-order valence-corrected chi connectivity index (χ1v) is 6.28. The maximum Gasteiger partial charge on any atom is 0.119 e. The number of hydrogen-bond donors (Lipinski definition) is 1. The summed E-state index contributed by atoms with van der Waals surface area (Å²) in [7, 11) is 0. The van der Waals surface area contributed by atoms with Gasteiger partial charge < -0.3 is 15.2 Å². The molecule has 4 heteroatoms. The third kappa shape index (κ3) is 5.91. The van der Waals surface area contributed by atoms with Crippen LogP contribution in [0.1, 0.15) is 18.4 Å². The van der Waals surface area contributed by atoms with Crippen LogP contribution in [-0.2, 0) is 4.74 Å². The van der Waals surface area contributed by atoms with E-state index in [-0.39, 0.29) is 0 Å². The van der Waals surface area contributed by atoms with E-state index in [1.54, 1.807) is 0 Å². The first-order chi connectivity index (χ1) is 8.24. The summed E-state index contributed by atoms with van der Waals surface area (Å²) >= 11 is 5.93. The summed E-state index contributed by atoms with van der Waals surface area (Å²) in [6.45, 7) is 4.75. The van der Waals surface area contributed by atoms with Crippen LogP contribution < -0.4 is 10.5 Å². The Morgan fingerprint density at radius 1 is 1.18 bits per heavy atom. The number of ether oxygens (including phenoxy) is 2. The predicted octanol–water partition coefficient (Wildman–Crippen LogP) is 2.78. The highest BCUT2D eigenvalue weighted by Crippen LogP contribution is 2.20. The minimum atomic E-state index is 0.656. The van der Waals surface area contributed by atoms with Gasteiger partial charge in [-0.05, 0) is 43.7 Å². The Kier molecular flexibility index (Phi) is 7.01. The number of halogens is 1. The van der Waals surface area contributed by atoms with Gasteiger partial charge in [-0.1, -0.05) is 11.6 Å². The molecule has 2 N–H and O–H groups in total. The van der Waals surface area contributed by atoms with Crippen molar-refractivity contribution in [2.75, 3.05) is 26.4 Å². The van der Waals surface area contributed by atoms with E-state index in [1.165, 1.54) is 0 Å². The van der Waals surface area contributed by atoms with Gasteiger partial charge in [0.05, 0.1) is 6.61 Å². The highest BCUT2D eigenvalue weighted by Gasteiger charge is 1.98. The van der Waals surface area contributed by atoms with E-state index < -0.39 is 0 Å². The van der Waals surface area contributed by atoms with Crippen LogP contribution in [-0.4, -0.2) is 26.4 Å². The van der Waals surface area contributed by atoms with E-state index in [2.05, 4.69) is 0 Å². The maximum atomic E-state index is 5.93. The largest absolute Gasteiger partial charge is 0.493 e.